The van der Waals surface area contributed by atoms with Crippen molar-refractivity contribution in [1.29, 1.82) is 0 Å². The average molecular weight is 416 g/mol. The maximum atomic E-state index is 13.2. The zero-order valence-electron chi connectivity index (χ0n) is 18.0. The summed E-state index contributed by atoms with van der Waals surface area (Å²) in [7, 11) is 4.09. The number of carbonyl (C=O) groups is 1. The Balaban J connectivity index is 1.49. The van der Waals surface area contributed by atoms with Crippen LogP contribution in [0.15, 0.2) is 24.8 Å². The van der Waals surface area contributed by atoms with Crippen LogP contribution >= 0.6 is 0 Å². The van der Waals surface area contributed by atoms with E-state index < -0.39 is 0 Å². The Bertz CT molecular complexity index is 806. The Kier molecular flexibility index (Phi) is 6.81. The zero-order chi connectivity index (χ0) is 20.9. The van der Waals surface area contributed by atoms with Crippen molar-refractivity contribution in [2.75, 3.05) is 52.9 Å². The molecule has 0 unspecified atom stereocenters. The Labute approximate surface area is 178 Å². The molecule has 4 heterocycles. The highest BCUT2D eigenvalue weighted by Crippen LogP contribution is 2.31. The van der Waals surface area contributed by atoms with Gasteiger partial charge in [-0.2, -0.15) is 10.2 Å². The van der Waals surface area contributed by atoms with Crippen LogP contribution in [0.25, 0.3) is 0 Å². The number of H-pyrrole nitrogens is 1. The van der Waals surface area contributed by atoms with Crippen LogP contribution in [0.1, 0.15) is 30.0 Å². The molecule has 0 bridgehead atoms. The second-order valence-corrected chi connectivity index (χ2v) is 8.45. The smallest absolute Gasteiger partial charge is 0.223 e. The fraction of sp³-hybridized carbons (Fsp3) is 0.667. The molecule has 0 aromatic carbocycles. The van der Waals surface area contributed by atoms with Crippen LogP contribution in [0, 0.1) is 0 Å². The van der Waals surface area contributed by atoms with E-state index in [2.05, 4.69) is 32.1 Å². The number of aromatic nitrogens is 4. The molecule has 2 fully saturated rings. The van der Waals surface area contributed by atoms with Crippen molar-refractivity contribution >= 4 is 5.91 Å². The fourth-order valence-corrected chi connectivity index (χ4v) is 4.50. The minimum Gasteiger partial charge on any atom is -0.373 e. The molecule has 9 heteroatoms. The van der Waals surface area contributed by atoms with Crippen molar-refractivity contribution in [2.45, 2.75) is 31.4 Å². The van der Waals surface area contributed by atoms with Crippen LogP contribution in [-0.2, 0) is 23.0 Å². The normalized spacial score (nSPS) is 24.1. The van der Waals surface area contributed by atoms with Crippen molar-refractivity contribution in [3.05, 3.63) is 35.9 Å². The lowest BCUT2D eigenvalue weighted by atomic mass is 9.99. The van der Waals surface area contributed by atoms with Gasteiger partial charge in [-0.05, 0) is 38.5 Å². The van der Waals surface area contributed by atoms with Gasteiger partial charge in [0.25, 0.3) is 0 Å². The largest absolute Gasteiger partial charge is 0.373 e. The molecule has 1 amide bonds. The molecule has 0 radical (unpaired) electrons. The molecule has 9 nitrogen and oxygen atoms in total. The van der Waals surface area contributed by atoms with E-state index >= 15 is 0 Å². The summed E-state index contributed by atoms with van der Waals surface area (Å²) in [6.07, 6.45) is 9.79. The van der Waals surface area contributed by atoms with Crippen LogP contribution in [0.2, 0.25) is 0 Å². The van der Waals surface area contributed by atoms with Crippen LogP contribution < -0.4 is 0 Å². The van der Waals surface area contributed by atoms with Gasteiger partial charge in [-0.1, -0.05) is 0 Å². The Hall–Kier alpha value is -2.23. The monoisotopic (exact) mass is 415 g/mol. The number of morpholine rings is 1. The summed E-state index contributed by atoms with van der Waals surface area (Å²) in [5.41, 5.74) is 2.10. The van der Waals surface area contributed by atoms with Crippen LogP contribution in [0.5, 0.6) is 0 Å². The van der Waals surface area contributed by atoms with E-state index in [0.717, 1.165) is 50.3 Å². The van der Waals surface area contributed by atoms with E-state index in [0.29, 0.717) is 26.0 Å². The van der Waals surface area contributed by atoms with Gasteiger partial charge in [-0.25, -0.2) is 0 Å². The number of hydrogen-bond acceptors (Lipinski definition) is 6. The second-order valence-electron chi connectivity index (χ2n) is 8.45. The van der Waals surface area contributed by atoms with Crippen molar-refractivity contribution in [1.82, 2.24) is 34.7 Å². The third kappa shape index (κ3) is 5.08. The van der Waals surface area contributed by atoms with Gasteiger partial charge in [0.05, 0.1) is 31.1 Å². The van der Waals surface area contributed by atoms with Gasteiger partial charge in [0, 0.05) is 57.6 Å². The summed E-state index contributed by atoms with van der Waals surface area (Å²) in [6.45, 7) is 6.32. The maximum Gasteiger partial charge on any atom is 0.223 e. The molecule has 0 saturated carbocycles. The van der Waals surface area contributed by atoms with Gasteiger partial charge in [0.1, 0.15) is 0 Å². The quantitative estimate of drug-likeness (QED) is 0.747. The standard InChI is InChI=1S/C21H33N7O2/c1-25-6-3-7-27(9-8-25)16-19-21(18-14-24-26(2)15-18)28(10-11-30-19)20(29)5-4-17-12-22-23-13-17/h12-15,19,21H,3-11,16H2,1-2H3,(H,22,23)/t19-,21-/m0/s1. The van der Waals surface area contributed by atoms with Crippen molar-refractivity contribution in [3.63, 3.8) is 0 Å². The molecule has 164 valence electrons. The molecule has 0 spiro atoms. The Morgan fingerprint density at radius 2 is 2.10 bits per heavy atom. The molecule has 0 aliphatic carbocycles. The Morgan fingerprint density at radius 3 is 2.87 bits per heavy atom. The van der Waals surface area contributed by atoms with Crippen molar-refractivity contribution < 1.29 is 9.53 Å². The number of nitrogens with zero attached hydrogens (tertiary/aromatic N) is 6. The summed E-state index contributed by atoms with van der Waals surface area (Å²) in [4.78, 5) is 20.1. The summed E-state index contributed by atoms with van der Waals surface area (Å²) in [6, 6.07) is -0.106. The molecule has 2 aliphatic heterocycles. The van der Waals surface area contributed by atoms with E-state index in [9.17, 15) is 4.79 Å². The first-order valence-corrected chi connectivity index (χ1v) is 10.9. The number of aromatic amines is 1. The predicted molar refractivity (Wildman–Crippen MR) is 113 cm³/mol. The number of rotatable bonds is 6. The van der Waals surface area contributed by atoms with Crippen molar-refractivity contribution in [3.8, 4) is 0 Å². The molecule has 2 aromatic rings. The SMILES string of the molecule is CN1CCCN(C[C@@H]2OCCN(C(=O)CCc3cn[nH]c3)[C@H]2c2cnn(C)c2)CC1. The molecule has 2 saturated heterocycles. The highest BCUT2D eigenvalue weighted by Gasteiger charge is 2.38. The summed E-state index contributed by atoms with van der Waals surface area (Å²) < 4.78 is 8.06. The minimum absolute atomic E-state index is 0.0516. The lowest BCUT2D eigenvalue weighted by Gasteiger charge is -2.42. The lowest BCUT2D eigenvalue weighted by Crippen LogP contribution is -2.52. The summed E-state index contributed by atoms with van der Waals surface area (Å²) >= 11 is 0. The van der Waals surface area contributed by atoms with Gasteiger partial charge in [-0.15, -0.1) is 0 Å². The van der Waals surface area contributed by atoms with Crippen molar-refractivity contribution in [2.24, 2.45) is 7.05 Å². The molecule has 30 heavy (non-hydrogen) atoms. The first-order valence-electron chi connectivity index (χ1n) is 10.9. The number of aryl methyl sites for hydroxylation is 2. The molecule has 1 N–H and O–H groups in total. The number of nitrogens with one attached hydrogen (secondary N) is 1. The van der Waals surface area contributed by atoms with E-state index in [4.69, 9.17) is 4.74 Å². The van der Waals surface area contributed by atoms with Gasteiger partial charge in [-0.3, -0.25) is 19.5 Å². The molecule has 2 aromatic heterocycles. The third-order valence-electron chi connectivity index (χ3n) is 6.17. The number of likely N-dealkylation sites (N-methyl/N-ethyl adjacent to an activating group) is 1. The predicted octanol–water partition coefficient (Wildman–Crippen LogP) is 0.682. The minimum atomic E-state index is -0.106. The van der Waals surface area contributed by atoms with E-state index in [1.54, 1.807) is 10.9 Å². The number of hydrogen-bond donors (Lipinski definition) is 1. The topological polar surface area (TPSA) is 82.5 Å². The van der Waals surface area contributed by atoms with Gasteiger partial charge >= 0.3 is 0 Å². The Morgan fingerprint density at radius 1 is 1.20 bits per heavy atom. The molecular formula is C21H33N7O2. The van der Waals surface area contributed by atoms with Crippen LogP contribution in [0.3, 0.4) is 0 Å². The van der Waals surface area contributed by atoms with E-state index in [1.807, 2.05) is 30.5 Å². The highest BCUT2D eigenvalue weighted by molar-refractivity contribution is 5.77. The van der Waals surface area contributed by atoms with E-state index in [1.165, 1.54) is 0 Å². The second kappa shape index (κ2) is 9.72. The molecule has 2 aliphatic rings. The molecule has 2 atom stereocenters. The summed E-state index contributed by atoms with van der Waals surface area (Å²) in [5.74, 6) is 0.161. The lowest BCUT2D eigenvalue weighted by molar-refractivity contribution is -0.148. The van der Waals surface area contributed by atoms with Gasteiger partial charge < -0.3 is 14.5 Å². The average Bonchev–Trinajstić information content (AvgIpc) is 3.37. The molecular weight excluding hydrogens is 382 g/mol. The zero-order valence-corrected chi connectivity index (χ0v) is 18.0. The van der Waals surface area contributed by atoms with Gasteiger partial charge in [0.2, 0.25) is 5.91 Å². The number of carbonyl (C=O) groups excluding carboxylic acids is 1. The number of amides is 1. The first-order chi connectivity index (χ1) is 14.6. The van der Waals surface area contributed by atoms with Crippen LogP contribution in [0.4, 0.5) is 0 Å². The highest BCUT2D eigenvalue weighted by atomic mass is 16.5. The number of ether oxygens (including phenoxy) is 1. The van der Waals surface area contributed by atoms with Crippen LogP contribution in [-0.4, -0.2) is 99.6 Å². The van der Waals surface area contributed by atoms with Gasteiger partial charge in [0.15, 0.2) is 0 Å². The molecule has 4 rings (SSSR count). The van der Waals surface area contributed by atoms with E-state index in [-0.39, 0.29) is 18.1 Å². The third-order valence-corrected chi connectivity index (χ3v) is 6.17. The summed E-state index contributed by atoms with van der Waals surface area (Å²) in [5, 5.41) is 11.2. The maximum absolute atomic E-state index is 13.2. The fourth-order valence-electron chi connectivity index (χ4n) is 4.50. The first kappa shape index (κ1) is 21.0.